The maximum atomic E-state index is 11.1. The molecule has 0 bridgehead atoms. The van der Waals surface area contributed by atoms with Gasteiger partial charge >= 0.3 is 5.97 Å². The molecule has 1 aliphatic heterocycles. The van der Waals surface area contributed by atoms with Crippen LogP contribution in [0.1, 0.15) is 43.4 Å². The van der Waals surface area contributed by atoms with Crippen LogP contribution in [0.2, 0.25) is 0 Å². The monoisotopic (exact) mass is 366 g/mol. The second-order valence-electron chi connectivity index (χ2n) is 7.68. The van der Waals surface area contributed by atoms with Gasteiger partial charge < -0.3 is 15.6 Å². The molecule has 2 aromatic rings. The van der Waals surface area contributed by atoms with E-state index in [1.54, 1.807) is 0 Å². The number of aliphatic imine (C=N–C) groups is 1. The number of hydrogen-bond acceptors (Lipinski definition) is 6. The van der Waals surface area contributed by atoms with Gasteiger partial charge in [0, 0.05) is 12.0 Å². The van der Waals surface area contributed by atoms with Gasteiger partial charge in [0.1, 0.15) is 11.9 Å². The van der Waals surface area contributed by atoms with E-state index in [0.29, 0.717) is 11.6 Å². The third-order valence-electron chi connectivity index (χ3n) is 5.24. The number of carboxylic acids is 1. The zero-order valence-corrected chi connectivity index (χ0v) is 15.4. The first-order chi connectivity index (χ1) is 12.8. The molecule has 2 aliphatic rings. The fourth-order valence-electron chi connectivity index (χ4n) is 3.90. The van der Waals surface area contributed by atoms with Crippen molar-refractivity contribution in [2.75, 3.05) is 5.73 Å². The second kappa shape index (κ2) is 6.33. The van der Waals surface area contributed by atoms with Crippen molar-refractivity contribution in [3.8, 4) is 5.88 Å². The molecule has 0 amide bonds. The van der Waals surface area contributed by atoms with Crippen molar-refractivity contribution in [2.24, 2.45) is 10.9 Å². The normalized spacial score (nSPS) is 20.1. The summed E-state index contributed by atoms with van der Waals surface area (Å²) < 4.78 is 6.05. The Labute approximate surface area is 157 Å². The molecule has 3 N–H and O–H groups in total. The molecule has 1 aliphatic carbocycles. The number of anilines is 1. The lowest BCUT2D eigenvalue weighted by Crippen LogP contribution is -2.41. The molecule has 0 saturated carbocycles. The van der Waals surface area contributed by atoms with Crippen LogP contribution in [0, 0.1) is 5.92 Å². The Morgan fingerprint density at radius 1 is 1.33 bits per heavy atom. The molecule has 7 heteroatoms. The molecule has 2 heterocycles. The molecule has 0 fully saturated rings. The number of nitrogen functional groups attached to an aromatic ring is 1. The van der Waals surface area contributed by atoms with Crippen LogP contribution in [-0.2, 0) is 17.6 Å². The Hall–Kier alpha value is -2.96. The summed E-state index contributed by atoms with van der Waals surface area (Å²) in [6, 6.07) is 6.27. The number of hydrogen-bond donors (Lipinski definition) is 2. The van der Waals surface area contributed by atoms with Gasteiger partial charge in [0.05, 0.1) is 5.71 Å². The molecular weight excluding hydrogens is 344 g/mol. The zero-order valence-electron chi connectivity index (χ0n) is 15.4. The van der Waals surface area contributed by atoms with E-state index in [1.165, 1.54) is 17.5 Å². The van der Waals surface area contributed by atoms with Crippen molar-refractivity contribution >= 4 is 23.2 Å². The summed E-state index contributed by atoms with van der Waals surface area (Å²) in [5.41, 5.74) is 9.91. The van der Waals surface area contributed by atoms with Gasteiger partial charge in [-0.1, -0.05) is 12.1 Å². The Balaban J connectivity index is 1.73. The molecular formula is C20H22N4O3. The van der Waals surface area contributed by atoms with E-state index in [9.17, 15) is 4.79 Å². The lowest BCUT2D eigenvalue weighted by Gasteiger charge is -2.32. The van der Waals surface area contributed by atoms with Crippen LogP contribution in [-0.4, -0.2) is 32.4 Å². The molecule has 1 unspecified atom stereocenters. The third kappa shape index (κ3) is 3.25. The highest BCUT2D eigenvalue weighted by molar-refractivity contribution is 6.09. The zero-order chi connectivity index (χ0) is 19.2. The van der Waals surface area contributed by atoms with Crippen molar-refractivity contribution in [1.29, 1.82) is 0 Å². The van der Waals surface area contributed by atoms with Gasteiger partial charge in [-0.25, -0.2) is 9.98 Å². The summed E-state index contributed by atoms with van der Waals surface area (Å²) in [5, 5.41) is 9.10. The molecule has 4 rings (SSSR count). The van der Waals surface area contributed by atoms with Crippen LogP contribution in [0.25, 0.3) is 0 Å². The highest BCUT2D eigenvalue weighted by Crippen LogP contribution is 2.39. The number of aromatic nitrogens is 2. The summed E-state index contributed by atoms with van der Waals surface area (Å²) >= 11 is 0. The number of ether oxygens (including phenoxy) is 1. The number of nitrogens with zero attached hydrogens (tertiary/aromatic N) is 3. The van der Waals surface area contributed by atoms with Crippen molar-refractivity contribution in [2.45, 2.75) is 45.1 Å². The topological polar surface area (TPSA) is 111 Å². The van der Waals surface area contributed by atoms with Gasteiger partial charge in [-0.15, -0.1) is 0 Å². The van der Waals surface area contributed by atoms with E-state index in [-0.39, 0.29) is 18.2 Å². The predicted octanol–water partition coefficient (Wildman–Crippen LogP) is 2.93. The third-order valence-corrected chi connectivity index (χ3v) is 5.24. The first-order valence-corrected chi connectivity index (χ1v) is 9.06. The number of nitrogens with two attached hydrogens (primary N) is 1. The number of carbonyl (C=O) groups is 1. The van der Waals surface area contributed by atoms with Gasteiger partial charge in [-0.3, -0.25) is 4.79 Å². The van der Waals surface area contributed by atoms with Crippen molar-refractivity contribution in [3.63, 3.8) is 0 Å². The summed E-state index contributed by atoms with van der Waals surface area (Å²) in [6.45, 7) is 3.89. The van der Waals surface area contributed by atoms with Crippen molar-refractivity contribution < 1.29 is 14.6 Å². The summed E-state index contributed by atoms with van der Waals surface area (Å²) in [6.07, 6.45) is 4.16. The van der Waals surface area contributed by atoms with Crippen LogP contribution < -0.4 is 10.5 Å². The van der Waals surface area contributed by atoms with Crippen LogP contribution in [0.3, 0.4) is 0 Å². The summed E-state index contributed by atoms with van der Waals surface area (Å²) in [4.78, 5) is 23.9. The minimum atomic E-state index is -0.738. The maximum Gasteiger partial charge on any atom is 0.303 e. The average Bonchev–Trinajstić information content (AvgIpc) is 2.59. The number of benzene rings is 1. The molecule has 7 nitrogen and oxygen atoms in total. The van der Waals surface area contributed by atoms with Crippen LogP contribution in [0.4, 0.5) is 11.5 Å². The Morgan fingerprint density at radius 3 is 2.93 bits per heavy atom. The molecule has 0 saturated heterocycles. The van der Waals surface area contributed by atoms with E-state index in [0.717, 1.165) is 30.5 Å². The van der Waals surface area contributed by atoms with E-state index < -0.39 is 11.6 Å². The highest BCUT2D eigenvalue weighted by atomic mass is 16.5. The molecule has 0 spiro atoms. The fraction of sp³-hybridized carbons (Fsp3) is 0.400. The van der Waals surface area contributed by atoms with Gasteiger partial charge in [-0.2, -0.15) is 4.98 Å². The lowest BCUT2D eigenvalue weighted by molar-refractivity contribution is -0.138. The molecule has 1 aromatic heterocycles. The fourth-order valence-corrected chi connectivity index (χ4v) is 3.90. The molecule has 27 heavy (non-hydrogen) atoms. The summed E-state index contributed by atoms with van der Waals surface area (Å²) in [7, 11) is 0. The van der Waals surface area contributed by atoms with E-state index in [1.807, 2.05) is 19.9 Å². The number of carboxylic acid groups (broad SMARTS) is 1. The Morgan fingerprint density at radius 2 is 2.15 bits per heavy atom. The van der Waals surface area contributed by atoms with Crippen LogP contribution in [0.5, 0.6) is 5.88 Å². The number of rotatable bonds is 3. The minimum absolute atomic E-state index is 0.174. The first kappa shape index (κ1) is 17.5. The Kier molecular flexibility index (Phi) is 4.09. The smallest absolute Gasteiger partial charge is 0.303 e. The lowest BCUT2D eigenvalue weighted by atomic mass is 9.80. The van der Waals surface area contributed by atoms with Crippen LogP contribution in [0.15, 0.2) is 29.5 Å². The van der Waals surface area contributed by atoms with Gasteiger partial charge in [0.15, 0.2) is 11.5 Å². The molecule has 1 atom stereocenters. The second-order valence-corrected chi connectivity index (χ2v) is 7.68. The van der Waals surface area contributed by atoms with E-state index >= 15 is 0 Å². The van der Waals surface area contributed by atoms with Crippen LogP contribution >= 0.6 is 0 Å². The van der Waals surface area contributed by atoms with E-state index in [4.69, 9.17) is 20.6 Å². The predicted molar refractivity (Wildman–Crippen MR) is 102 cm³/mol. The van der Waals surface area contributed by atoms with Crippen molar-refractivity contribution in [1.82, 2.24) is 9.97 Å². The summed E-state index contributed by atoms with van der Waals surface area (Å²) in [5.74, 6) is 0.105. The van der Waals surface area contributed by atoms with E-state index in [2.05, 4.69) is 22.1 Å². The number of aliphatic carboxylic acids is 1. The largest absolute Gasteiger partial charge is 0.481 e. The van der Waals surface area contributed by atoms with Gasteiger partial charge in [-0.05, 0) is 56.2 Å². The molecule has 140 valence electrons. The first-order valence-electron chi connectivity index (χ1n) is 9.06. The average molecular weight is 366 g/mol. The van der Waals surface area contributed by atoms with Crippen molar-refractivity contribution in [3.05, 3.63) is 41.2 Å². The molecule has 1 aromatic carbocycles. The quantitative estimate of drug-likeness (QED) is 0.864. The molecule has 0 radical (unpaired) electrons. The van der Waals surface area contributed by atoms with Gasteiger partial charge in [0.2, 0.25) is 5.88 Å². The highest BCUT2D eigenvalue weighted by Gasteiger charge is 2.35. The SMILES string of the molecule is CC1(C)Oc2ncnc(N)c2N=C1c1ccc2c(c1)CC(CC(=O)O)CC2. The number of aryl methyl sites for hydroxylation is 1. The minimum Gasteiger partial charge on any atom is -0.481 e. The maximum absolute atomic E-state index is 11.1. The van der Waals surface area contributed by atoms with Gasteiger partial charge in [0.25, 0.3) is 0 Å². The number of fused-ring (bicyclic) bond motifs is 2. The standard InChI is InChI=1S/C20H22N4O3/c1-20(2)17(24-16-18(21)22-10-23-19(16)27-20)13-6-5-12-4-3-11(8-15(25)26)7-14(12)9-13/h5-6,9-11H,3-4,7-8H2,1-2H3,(H,25,26)(H2,21,22,23). The Bertz CT molecular complexity index is 952.